The predicted octanol–water partition coefficient (Wildman–Crippen LogP) is 8.12. The molecule has 0 amide bonds. The van der Waals surface area contributed by atoms with Gasteiger partial charge in [-0.3, -0.25) is 0 Å². The maximum absolute atomic E-state index is 5.13. The van der Waals surface area contributed by atoms with Gasteiger partial charge in [0, 0.05) is 33.2 Å². The number of aryl methyl sites for hydroxylation is 2. The van der Waals surface area contributed by atoms with Crippen LogP contribution in [0.5, 0.6) is 0 Å². The Morgan fingerprint density at radius 2 is 1.21 bits per heavy atom. The molecule has 2 aliphatic rings. The minimum Gasteiger partial charge on any atom is -0.355 e. The molecule has 0 fully saturated rings. The first kappa shape index (κ1) is 22.4. The van der Waals surface area contributed by atoms with Crippen LogP contribution in [0.3, 0.4) is 0 Å². The lowest BCUT2D eigenvalue weighted by Crippen LogP contribution is -1.93. The average molecular weight is 451 g/mol. The summed E-state index contributed by atoms with van der Waals surface area (Å²) in [6, 6.07) is 12.8. The van der Waals surface area contributed by atoms with Gasteiger partial charge in [0.2, 0.25) is 0 Å². The predicted molar refractivity (Wildman–Crippen MR) is 145 cm³/mol. The fraction of sp³-hybridized carbons (Fsp3) is 0.333. The lowest BCUT2D eigenvalue weighted by molar-refractivity contribution is 0.607. The average Bonchev–Trinajstić information content (AvgIpc) is 3.63. The first-order valence-corrected chi connectivity index (χ1v) is 12.8. The number of rotatable bonds is 8. The van der Waals surface area contributed by atoms with Crippen molar-refractivity contribution in [3.63, 3.8) is 0 Å². The third kappa shape index (κ3) is 4.91. The smallest absolute Gasteiger partial charge is 0.0690 e. The molecule has 4 nitrogen and oxygen atoms in total. The van der Waals surface area contributed by atoms with E-state index >= 15 is 0 Å². The van der Waals surface area contributed by atoms with Gasteiger partial charge in [0.05, 0.1) is 22.8 Å². The summed E-state index contributed by atoms with van der Waals surface area (Å²) in [5, 5.41) is 0. The van der Waals surface area contributed by atoms with Crippen LogP contribution < -0.4 is 0 Å². The molecule has 0 unspecified atom stereocenters. The molecule has 0 aliphatic carbocycles. The standard InChI is InChI=1S/C30H34N4/c1-3-5-6-7-8-9-10-26-29-16-14-24(33-29)20-22-12-11-21(31-22)19-23-13-15-27(32-23)25(4-2)28-17-18-30(26)34-28/h11-20,32-33H,3-10H2,1-2H3. The van der Waals surface area contributed by atoms with E-state index in [1.807, 2.05) is 0 Å². The zero-order chi connectivity index (χ0) is 23.3. The van der Waals surface area contributed by atoms with Crippen molar-refractivity contribution in [2.24, 2.45) is 0 Å². The molecule has 4 heteroatoms. The van der Waals surface area contributed by atoms with Crippen LogP contribution in [0.25, 0.3) is 46.4 Å². The van der Waals surface area contributed by atoms with Gasteiger partial charge in [0.25, 0.3) is 0 Å². The van der Waals surface area contributed by atoms with Crippen molar-refractivity contribution in [1.29, 1.82) is 0 Å². The molecule has 0 radical (unpaired) electrons. The Labute approximate surface area is 201 Å². The van der Waals surface area contributed by atoms with Crippen LogP contribution in [0.4, 0.5) is 0 Å². The zero-order valence-corrected chi connectivity index (χ0v) is 20.3. The lowest BCUT2D eigenvalue weighted by Gasteiger charge is -2.04. The molecule has 174 valence electrons. The second-order valence-electron chi connectivity index (χ2n) is 9.28. The van der Waals surface area contributed by atoms with Crippen molar-refractivity contribution < 1.29 is 0 Å². The Morgan fingerprint density at radius 1 is 0.618 bits per heavy atom. The number of nitrogens with one attached hydrogen (secondary N) is 2. The van der Waals surface area contributed by atoms with Crippen molar-refractivity contribution in [1.82, 2.24) is 19.9 Å². The number of nitrogens with zero attached hydrogens (tertiary/aromatic N) is 2. The van der Waals surface area contributed by atoms with Gasteiger partial charge in [-0.2, -0.15) is 0 Å². The van der Waals surface area contributed by atoms with Crippen molar-refractivity contribution >= 4 is 46.4 Å². The topological polar surface area (TPSA) is 57.4 Å². The van der Waals surface area contributed by atoms with E-state index in [2.05, 4.69) is 84.5 Å². The number of unbranched alkanes of at least 4 members (excludes halogenated alkanes) is 5. The van der Waals surface area contributed by atoms with Gasteiger partial charge in [-0.05, 0) is 80.0 Å². The molecule has 2 N–H and O–H groups in total. The fourth-order valence-electron chi connectivity index (χ4n) is 4.91. The number of H-pyrrole nitrogens is 2. The minimum absolute atomic E-state index is 0.920. The minimum atomic E-state index is 0.920. The highest BCUT2D eigenvalue weighted by Gasteiger charge is 2.11. The Morgan fingerprint density at radius 3 is 1.85 bits per heavy atom. The number of hydrogen-bond acceptors (Lipinski definition) is 2. The largest absolute Gasteiger partial charge is 0.355 e. The van der Waals surface area contributed by atoms with E-state index in [9.17, 15) is 0 Å². The summed E-state index contributed by atoms with van der Waals surface area (Å²) in [4.78, 5) is 17.1. The van der Waals surface area contributed by atoms with E-state index in [0.717, 1.165) is 57.7 Å². The maximum Gasteiger partial charge on any atom is 0.0690 e. The van der Waals surface area contributed by atoms with Gasteiger partial charge < -0.3 is 9.97 Å². The molecule has 5 rings (SSSR count). The van der Waals surface area contributed by atoms with Gasteiger partial charge in [-0.1, -0.05) is 46.0 Å². The van der Waals surface area contributed by atoms with Gasteiger partial charge in [-0.25, -0.2) is 9.97 Å². The summed E-state index contributed by atoms with van der Waals surface area (Å²) in [6.07, 6.45) is 18.2. The molecule has 5 heterocycles. The molecule has 0 aromatic carbocycles. The number of aromatic amines is 2. The van der Waals surface area contributed by atoms with Crippen LogP contribution >= 0.6 is 0 Å². The summed E-state index contributed by atoms with van der Waals surface area (Å²) in [5.41, 5.74) is 11.0. The first-order valence-electron chi connectivity index (χ1n) is 12.8. The van der Waals surface area contributed by atoms with Crippen LogP contribution in [-0.2, 0) is 12.8 Å². The van der Waals surface area contributed by atoms with Crippen molar-refractivity contribution in [2.45, 2.75) is 65.2 Å². The lowest BCUT2D eigenvalue weighted by atomic mass is 10.0. The molecule has 0 spiro atoms. The third-order valence-corrected chi connectivity index (χ3v) is 6.75. The van der Waals surface area contributed by atoms with E-state index in [1.165, 1.54) is 49.7 Å². The van der Waals surface area contributed by atoms with Crippen molar-refractivity contribution in [3.05, 3.63) is 70.3 Å². The number of hydrogen-bond donors (Lipinski definition) is 2. The number of aromatic nitrogens is 4. The molecule has 0 atom stereocenters. The first-order chi connectivity index (χ1) is 16.7. The molecule has 3 aromatic heterocycles. The maximum atomic E-state index is 5.13. The Kier molecular flexibility index (Phi) is 6.75. The summed E-state index contributed by atoms with van der Waals surface area (Å²) in [6.45, 7) is 4.47. The van der Waals surface area contributed by atoms with E-state index in [0.29, 0.717) is 0 Å². The quantitative estimate of drug-likeness (QED) is 0.234. The third-order valence-electron chi connectivity index (χ3n) is 6.75. The van der Waals surface area contributed by atoms with E-state index in [4.69, 9.17) is 9.97 Å². The second-order valence-corrected chi connectivity index (χ2v) is 9.28. The van der Waals surface area contributed by atoms with Crippen LogP contribution in [0, 0.1) is 0 Å². The molecule has 34 heavy (non-hydrogen) atoms. The number of fused-ring (bicyclic) bond motifs is 8. The van der Waals surface area contributed by atoms with Gasteiger partial charge in [0.1, 0.15) is 0 Å². The molecule has 2 aliphatic heterocycles. The zero-order valence-electron chi connectivity index (χ0n) is 20.3. The Bertz CT molecular complexity index is 1380. The van der Waals surface area contributed by atoms with Gasteiger partial charge in [0.15, 0.2) is 0 Å². The monoisotopic (exact) mass is 450 g/mol. The summed E-state index contributed by atoms with van der Waals surface area (Å²) in [5.74, 6) is 0. The van der Waals surface area contributed by atoms with Crippen LogP contribution in [0.2, 0.25) is 0 Å². The van der Waals surface area contributed by atoms with E-state index < -0.39 is 0 Å². The highest BCUT2D eigenvalue weighted by molar-refractivity contribution is 5.81. The Hall–Kier alpha value is -3.40. The summed E-state index contributed by atoms with van der Waals surface area (Å²) < 4.78 is 0. The summed E-state index contributed by atoms with van der Waals surface area (Å²) >= 11 is 0. The second kappa shape index (κ2) is 10.3. The molecule has 3 aromatic rings. The van der Waals surface area contributed by atoms with Crippen LogP contribution in [0.15, 0.2) is 36.4 Å². The molecule has 8 bridgehead atoms. The molecule has 0 saturated heterocycles. The van der Waals surface area contributed by atoms with E-state index in [1.54, 1.807) is 0 Å². The normalized spacial score (nSPS) is 12.5. The molecular weight excluding hydrogens is 416 g/mol. The van der Waals surface area contributed by atoms with Crippen molar-refractivity contribution in [3.8, 4) is 0 Å². The van der Waals surface area contributed by atoms with E-state index in [-0.39, 0.29) is 0 Å². The van der Waals surface area contributed by atoms with Gasteiger partial charge in [-0.15, -0.1) is 0 Å². The van der Waals surface area contributed by atoms with Crippen LogP contribution in [-0.4, -0.2) is 19.9 Å². The fourth-order valence-corrected chi connectivity index (χ4v) is 4.91. The molecule has 0 saturated carbocycles. The van der Waals surface area contributed by atoms with Crippen LogP contribution in [0.1, 0.15) is 86.3 Å². The highest BCUT2D eigenvalue weighted by Crippen LogP contribution is 2.25. The summed E-state index contributed by atoms with van der Waals surface area (Å²) in [7, 11) is 0. The molecular formula is C30H34N4. The Balaban J connectivity index is 1.66. The van der Waals surface area contributed by atoms with Gasteiger partial charge >= 0.3 is 0 Å². The highest BCUT2D eigenvalue weighted by atomic mass is 14.8. The van der Waals surface area contributed by atoms with Crippen molar-refractivity contribution in [2.75, 3.05) is 0 Å². The SMILES string of the molecule is CCCCCCCCc1c2nc(c(CC)c3ccc(cc4nc(cc5ccc1[nH]5)C=C4)[nH]3)C=C2.